The van der Waals surface area contributed by atoms with E-state index < -0.39 is 19.6 Å². The summed E-state index contributed by atoms with van der Waals surface area (Å²) < 4.78 is 22.1. The van der Waals surface area contributed by atoms with Gasteiger partial charge in [0.25, 0.3) is 0 Å². The first-order chi connectivity index (χ1) is 13.4. The molecule has 0 fully saturated rings. The molecule has 7 nitrogen and oxygen atoms in total. The third-order valence-electron chi connectivity index (χ3n) is 3.68. The number of carboxylic acids is 1. The Morgan fingerprint density at radius 2 is 1.41 bits per heavy atom. The van der Waals surface area contributed by atoms with Crippen LogP contribution < -0.4 is 43.5 Å². The van der Waals surface area contributed by atoms with Gasteiger partial charge in [-0.1, -0.05) is 48.5 Å². The molecule has 3 rings (SSSR count). The maximum Gasteiger partial charge on any atom is 1.00 e. The Balaban J connectivity index is 0.00000300. The van der Waals surface area contributed by atoms with Gasteiger partial charge in [-0.2, -0.15) is 0 Å². The van der Waals surface area contributed by atoms with Gasteiger partial charge < -0.3 is 19.0 Å². The van der Waals surface area contributed by atoms with E-state index in [1.807, 2.05) is 0 Å². The van der Waals surface area contributed by atoms with Crippen molar-refractivity contribution in [1.82, 2.24) is 0 Å². The van der Waals surface area contributed by atoms with Gasteiger partial charge >= 0.3 is 43.3 Å². The van der Waals surface area contributed by atoms with Crippen LogP contribution in [0.1, 0.15) is 26.3 Å². The van der Waals surface area contributed by atoms with Crippen LogP contribution in [0.3, 0.4) is 0 Å². The minimum atomic E-state index is -4.88. The van der Waals surface area contributed by atoms with Gasteiger partial charge in [-0.15, -0.1) is 0 Å². The number of rotatable bonds is 7. The molecule has 1 N–H and O–H groups in total. The van der Waals surface area contributed by atoms with E-state index >= 15 is 0 Å². The van der Waals surface area contributed by atoms with Gasteiger partial charge in [-0.25, -0.2) is 9.36 Å². The molecule has 0 saturated heterocycles. The molecule has 0 spiro atoms. The van der Waals surface area contributed by atoms with Crippen molar-refractivity contribution in [1.29, 1.82) is 0 Å². The molecule has 0 aliphatic rings. The van der Waals surface area contributed by atoms with Crippen molar-refractivity contribution in [2.75, 3.05) is 0 Å². The van der Waals surface area contributed by atoms with Crippen molar-refractivity contribution < 1.29 is 62.8 Å². The Bertz CT molecular complexity index is 1050. The molecule has 0 radical (unpaired) electrons. The van der Waals surface area contributed by atoms with Crippen LogP contribution in [-0.2, 0) is 4.57 Å². The molecule has 0 amide bonds. The normalized spacial score (nSPS) is 12.2. The largest absolute Gasteiger partial charge is 1.00 e. The number of ketones is 1. The number of phosphoric ester groups is 1. The smallest absolute Gasteiger partial charge is 0.736 e. The Morgan fingerprint density at radius 1 is 0.828 bits per heavy atom. The van der Waals surface area contributed by atoms with E-state index in [0.29, 0.717) is 0 Å². The molecular formula is C20H14NaO7P. The zero-order valence-electron chi connectivity index (χ0n) is 15.3. The van der Waals surface area contributed by atoms with E-state index in [1.54, 1.807) is 36.4 Å². The van der Waals surface area contributed by atoms with Crippen LogP contribution in [0.5, 0.6) is 11.5 Å². The summed E-state index contributed by atoms with van der Waals surface area (Å²) in [6.45, 7) is 0. The molecule has 1 unspecified atom stereocenters. The van der Waals surface area contributed by atoms with Crippen LogP contribution in [0.15, 0.2) is 78.9 Å². The van der Waals surface area contributed by atoms with Crippen molar-refractivity contribution in [2.45, 2.75) is 0 Å². The molecule has 0 heterocycles. The first-order valence-electron chi connectivity index (χ1n) is 8.08. The number of carbonyl (C=O) groups excluding carboxylic acids is 1. The summed E-state index contributed by atoms with van der Waals surface area (Å²) >= 11 is 0. The van der Waals surface area contributed by atoms with Gasteiger partial charge in [0.1, 0.15) is 11.5 Å². The van der Waals surface area contributed by atoms with E-state index in [-0.39, 0.29) is 57.7 Å². The zero-order valence-corrected chi connectivity index (χ0v) is 18.2. The first-order valence-corrected chi connectivity index (χ1v) is 9.54. The quantitative estimate of drug-likeness (QED) is 0.337. The van der Waals surface area contributed by atoms with E-state index in [0.717, 1.165) is 18.2 Å². The predicted octanol–water partition coefficient (Wildman–Crippen LogP) is 0.546. The van der Waals surface area contributed by atoms with Crippen LogP contribution >= 0.6 is 7.82 Å². The number of benzene rings is 3. The fraction of sp³-hybridized carbons (Fsp3) is 0. The SMILES string of the molecule is O=C(O)c1ccc(OP(=O)([O-])Oc2ccccc2)c(C(=O)c2ccccc2)c1.[Na+]. The summed E-state index contributed by atoms with van der Waals surface area (Å²) in [6.07, 6.45) is 0. The second kappa shape index (κ2) is 9.87. The number of carbonyl (C=O) groups is 2. The average Bonchev–Trinajstić information content (AvgIpc) is 2.68. The third-order valence-corrected chi connectivity index (χ3v) is 4.53. The van der Waals surface area contributed by atoms with E-state index in [4.69, 9.17) is 9.05 Å². The molecule has 29 heavy (non-hydrogen) atoms. The Morgan fingerprint density at radius 3 is 2.00 bits per heavy atom. The first kappa shape index (κ1) is 22.9. The molecule has 0 saturated carbocycles. The summed E-state index contributed by atoms with van der Waals surface area (Å²) in [6, 6.07) is 19.0. The number of hydrogen-bond acceptors (Lipinski definition) is 6. The van der Waals surface area contributed by atoms with Gasteiger partial charge in [0, 0.05) is 5.56 Å². The fourth-order valence-corrected chi connectivity index (χ4v) is 3.23. The van der Waals surface area contributed by atoms with Gasteiger partial charge in [-0.3, -0.25) is 4.79 Å². The molecule has 142 valence electrons. The molecule has 1 atom stereocenters. The van der Waals surface area contributed by atoms with Gasteiger partial charge in [0.15, 0.2) is 5.78 Å². The van der Waals surface area contributed by atoms with Crippen molar-refractivity contribution in [2.24, 2.45) is 0 Å². The van der Waals surface area contributed by atoms with Crippen LogP contribution in [-0.4, -0.2) is 16.9 Å². The van der Waals surface area contributed by atoms with Gasteiger partial charge in [-0.05, 0) is 30.3 Å². The number of carboxylic acid groups (broad SMARTS) is 1. The standard InChI is InChI=1S/C20H15O7P.Na/c21-19(14-7-3-1-4-8-14)17-13-15(20(22)23)11-12-18(17)27-28(24,25)26-16-9-5-2-6-10-16;/h1-13H,(H,22,23)(H,24,25);/q;+1/p-1. The molecule has 9 heteroatoms. The van der Waals surface area contributed by atoms with E-state index in [2.05, 4.69) is 0 Å². The molecule has 0 aliphatic carbocycles. The van der Waals surface area contributed by atoms with Crippen LogP contribution in [0.4, 0.5) is 0 Å². The number of para-hydroxylation sites is 1. The zero-order chi connectivity index (χ0) is 20.1. The van der Waals surface area contributed by atoms with E-state index in [1.165, 1.54) is 24.3 Å². The predicted molar refractivity (Wildman–Crippen MR) is 98.6 cm³/mol. The number of hydrogen-bond donors (Lipinski definition) is 1. The summed E-state index contributed by atoms with van der Waals surface area (Å²) in [4.78, 5) is 36.3. The topological polar surface area (TPSA) is 113 Å². The van der Waals surface area contributed by atoms with E-state index in [9.17, 15) is 24.2 Å². The molecule has 3 aromatic rings. The summed E-state index contributed by atoms with van der Waals surface area (Å²) in [5.74, 6) is -2.13. The monoisotopic (exact) mass is 420 g/mol. The van der Waals surface area contributed by atoms with Gasteiger partial charge in [0.05, 0.1) is 11.1 Å². The van der Waals surface area contributed by atoms with Crippen molar-refractivity contribution in [3.8, 4) is 11.5 Å². The van der Waals surface area contributed by atoms with Gasteiger partial charge in [0.2, 0.25) is 0 Å². The molecular weight excluding hydrogens is 406 g/mol. The molecule has 3 aromatic carbocycles. The molecule has 0 aromatic heterocycles. The maximum absolute atomic E-state index is 12.8. The fourth-order valence-electron chi connectivity index (χ4n) is 2.41. The van der Waals surface area contributed by atoms with Crippen molar-refractivity contribution >= 4 is 19.6 Å². The Hall–Kier alpha value is -2.41. The molecule has 0 bridgehead atoms. The maximum atomic E-state index is 12.8. The summed E-state index contributed by atoms with van der Waals surface area (Å²) in [5.41, 5.74) is -0.144. The number of phosphoric acid groups is 1. The van der Waals surface area contributed by atoms with Crippen molar-refractivity contribution in [3.05, 3.63) is 95.6 Å². The second-order valence-electron chi connectivity index (χ2n) is 5.65. The van der Waals surface area contributed by atoms with Crippen molar-refractivity contribution in [3.63, 3.8) is 0 Å². The summed E-state index contributed by atoms with van der Waals surface area (Å²) in [7, 11) is -4.88. The van der Waals surface area contributed by atoms with Crippen LogP contribution in [0.2, 0.25) is 0 Å². The Kier molecular flexibility index (Phi) is 7.79. The molecule has 0 aliphatic heterocycles. The number of aromatic carboxylic acids is 1. The minimum absolute atomic E-state index is 0. The third kappa shape index (κ3) is 6.03. The van der Waals surface area contributed by atoms with Crippen LogP contribution in [0, 0.1) is 0 Å². The average molecular weight is 420 g/mol. The second-order valence-corrected chi connectivity index (χ2v) is 6.91. The Labute approximate surface area is 188 Å². The minimum Gasteiger partial charge on any atom is -0.736 e. The summed E-state index contributed by atoms with van der Waals surface area (Å²) in [5, 5.41) is 9.19. The van der Waals surface area contributed by atoms with Crippen LogP contribution in [0.25, 0.3) is 0 Å².